The number of methoxy groups -OCH3 is 1. The number of hydrogen-bond acceptors (Lipinski definition) is 4. The van der Waals surface area contributed by atoms with Gasteiger partial charge in [0, 0.05) is 25.3 Å². The second-order valence-corrected chi connectivity index (χ2v) is 3.82. The molecule has 0 radical (unpaired) electrons. The fourth-order valence-electron chi connectivity index (χ4n) is 1.39. The molecular formula is C12H20N2O2. The number of hydrogen-bond donors (Lipinski definition) is 1. The third-order valence-electron chi connectivity index (χ3n) is 2.38. The molecule has 1 rings (SSSR count). The van der Waals surface area contributed by atoms with Crippen LogP contribution in [0.15, 0.2) is 12.1 Å². The van der Waals surface area contributed by atoms with Gasteiger partial charge in [0.15, 0.2) is 6.79 Å². The molecule has 0 saturated heterocycles. The van der Waals surface area contributed by atoms with Crippen molar-refractivity contribution < 1.29 is 9.47 Å². The van der Waals surface area contributed by atoms with Crippen LogP contribution in [0.4, 0.5) is 0 Å². The molecule has 4 nitrogen and oxygen atoms in total. The van der Waals surface area contributed by atoms with E-state index in [1.54, 1.807) is 7.11 Å². The zero-order valence-electron chi connectivity index (χ0n) is 10.2. The van der Waals surface area contributed by atoms with Crippen molar-refractivity contribution in [2.75, 3.05) is 13.9 Å². The largest absolute Gasteiger partial charge is 0.466 e. The van der Waals surface area contributed by atoms with Crippen LogP contribution in [0.2, 0.25) is 0 Å². The molecule has 90 valence electrons. The lowest BCUT2D eigenvalue weighted by Crippen LogP contribution is -2.22. The van der Waals surface area contributed by atoms with Gasteiger partial charge in [0.2, 0.25) is 0 Å². The molecule has 0 aromatic carbocycles. The molecule has 0 aliphatic carbocycles. The Morgan fingerprint density at radius 3 is 2.81 bits per heavy atom. The van der Waals surface area contributed by atoms with Crippen LogP contribution in [0.5, 0.6) is 5.75 Å². The van der Waals surface area contributed by atoms with Crippen molar-refractivity contribution in [3.05, 3.63) is 23.5 Å². The number of pyridine rings is 1. The Morgan fingerprint density at radius 1 is 1.44 bits per heavy atom. The van der Waals surface area contributed by atoms with E-state index < -0.39 is 0 Å². The lowest BCUT2D eigenvalue weighted by atomic mass is 10.1. The van der Waals surface area contributed by atoms with Crippen LogP contribution in [0.1, 0.15) is 24.7 Å². The minimum absolute atomic E-state index is 0.124. The summed E-state index contributed by atoms with van der Waals surface area (Å²) in [5.41, 5.74) is 7.81. The van der Waals surface area contributed by atoms with Crippen LogP contribution in [0, 0.1) is 6.92 Å². The minimum Gasteiger partial charge on any atom is -0.466 e. The second kappa shape index (κ2) is 6.45. The van der Waals surface area contributed by atoms with Gasteiger partial charge in [-0.2, -0.15) is 0 Å². The van der Waals surface area contributed by atoms with Gasteiger partial charge in [0.25, 0.3) is 0 Å². The van der Waals surface area contributed by atoms with Gasteiger partial charge in [-0.15, -0.1) is 0 Å². The average Bonchev–Trinajstić information content (AvgIpc) is 2.28. The van der Waals surface area contributed by atoms with Crippen molar-refractivity contribution >= 4 is 0 Å². The number of nitrogens with zero attached hydrogens (tertiary/aromatic N) is 1. The Bertz CT molecular complexity index is 329. The van der Waals surface area contributed by atoms with E-state index in [2.05, 4.69) is 11.9 Å². The Morgan fingerprint density at radius 2 is 2.19 bits per heavy atom. The fraction of sp³-hybridized carbons (Fsp3) is 0.583. The minimum atomic E-state index is 0.124. The SMILES string of the molecule is CCC(N)Cc1nc(C)ccc1OCOC. The van der Waals surface area contributed by atoms with Gasteiger partial charge in [-0.1, -0.05) is 6.92 Å². The summed E-state index contributed by atoms with van der Waals surface area (Å²) in [7, 11) is 1.60. The van der Waals surface area contributed by atoms with Crippen LogP contribution in [0.3, 0.4) is 0 Å². The van der Waals surface area contributed by atoms with E-state index in [1.165, 1.54) is 0 Å². The maximum Gasteiger partial charge on any atom is 0.188 e. The molecule has 1 aromatic heterocycles. The summed E-state index contributed by atoms with van der Waals surface area (Å²) in [5.74, 6) is 0.761. The fourth-order valence-corrected chi connectivity index (χ4v) is 1.39. The molecular weight excluding hydrogens is 204 g/mol. The molecule has 4 heteroatoms. The summed E-state index contributed by atoms with van der Waals surface area (Å²) < 4.78 is 10.3. The van der Waals surface area contributed by atoms with E-state index in [9.17, 15) is 0 Å². The Balaban J connectivity index is 2.80. The van der Waals surface area contributed by atoms with Crippen molar-refractivity contribution in [2.24, 2.45) is 5.73 Å². The molecule has 0 saturated carbocycles. The quantitative estimate of drug-likeness (QED) is 0.746. The average molecular weight is 224 g/mol. The molecule has 0 aliphatic rings. The van der Waals surface area contributed by atoms with Crippen LogP contribution >= 0.6 is 0 Å². The number of rotatable bonds is 6. The predicted octanol–water partition coefficient (Wildman–Crippen LogP) is 1.65. The van der Waals surface area contributed by atoms with Crippen molar-refractivity contribution in [1.29, 1.82) is 0 Å². The second-order valence-electron chi connectivity index (χ2n) is 3.82. The standard InChI is InChI=1S/C12H20N2O2/c1-4-10(13)7-11-12(16-8-15-3)6-5-9(2)14-11/h5-6,10H,4,7-8,13H2,1-3H3. The molecule has 2 N–H and O–H groups in total. The van der Waals surface area contributed by atoms with E-state index in [0.29, 0.717) is 0 Å². The third-order valence-corrected chi connectivity index (χ3v) is 2.38. The maximum absolute atomic E-state index is 5.93. The highest BCUT2D eigenvalue weighted by atomic mass is 16.7. The van der Waals surface area contributed by atoms with Gasteiger partial charge in [-0.05, 0) is 25.5 Å². The molecule has 1 aromatic rings. The van der Waals surface area contributed by atoms with Gasteiger partial charge < -0.3 is 15.2 Å². The summed E-state index contributed by atoms with van der Waals surface area (Å²) >= 11 is 0. The van der Waals surface area contributed by atoms with Crippen molar-refractivity contribution in [2.45, 2.75) is 32.7 Å². The van der Waals surface area contributed by atoms with Gasteiger partial charge >= 0.3 is 0 Å². The van der Waals surface area contributed by atoms with Crippen LogP contribution in [0.25, 0.3) is 0 Å². The predicted molar refractivity (Wildman–Crippen MR) is 63.4 cm³/mol. The van der Waals surface area contributed by atoms with E-state index in [1.807, 2.05) is 19.1 Å². The maximum atomic E-state index is 5.93. The van der Waals surface area contributed by atoms with Crippen molar-refractivity contribution in [3.63, 3.8) is 0 Å². The smallest absolute Gasteiger partial charge is 0.188 e. The van der Waals surface area contributed by atoms with E-state index in [4.69, 9.17) is 15.2 Å². The van der Waals surface area contributed by atoms with E-state index in [-0.39, 0.29) is 12.8 Å². The molecule has 0 bridgehead atoms. The van der Waals surface area contributed by atoms with Crippen LogP contribution < -0.4 is 10.5 Å². The van der Waals surface area contributed by atoms with E-state index in [0.717, 1.165) is 30.0 Å². The summed E-state index contributed by atoms with van der Waals surface area (Å²) in [4.78, 5) is 4.45. The topological polar surface area (TPSA) is 57.4 Å². The Labute approximate surface area is 96.8 Å². The molecule has 0 aliphatic heterocycles. The Kier molecular flexibility index (Phi) is 5.22. The third kappa shape index (κ3) is 3.79. The first-order chi connectivity index (χ1) is 7.67. The monoisotopic (exact) mass is 224 g/mol. The lowest BCUT2D eigenvalue weighted by Gasteiger charge is -2.13. The van der Waals surface area contributed by atoms with Crippen molar-refractivity contribution in [3.8, 4) is 5.75 Å². The van der Waals surface area contributed by atoms with Crippen LogP contribution in [-0.4, -0.2) is 24.9 Å². The first kappa shape index (κ1) is 12.9. The zero-order chi connectivity index (χ0) is 12.0. The Hall–Kier alpha value is -1.13. The van der Waals surface area contributed by atoms with Gasteiger partial charge in [0.05, 0.1) is 5.69 Å². The first-order valence-corrected chi connectivity index (χ1v) is 5.51. The highest BCUT2D eigenvalue weighted by Crippen LogP contribution is 2.18. The molecule has 16 heavy (non-hydrogen) atoms. The number of aromatic nitrogens is 1. The van der Waals surface area contributed by atoms with Gasteiger partial charge in [-0.25, -0.2) is 0 Å². The zero-order valence-corrected chi connectivity index (χ0v) is 10.2. The molecule has 1 unspecified atom stereocenters. The first-order valence-electron chi connectivity index (χ1n) is 5.51. The normalized spacial score (nSPS) is 12.5. The highest BCUT2D eigenvalue weighted by Gasteiger charge is 2.09. The highest BCUT2D eigenvalue weighted by molar-refractivity contribution is 5.29. The summed E-state index contributed by atoms with van der Waals surface area (Å²) in [6, 6.07) is 3.96. The van der Waals surface area contributed by atoms with Gasteiger partial charge in [-0.3, -0.25) is 4.98 Å². The molecule has 1 heterocycles. The number of ether oxygens (including phenoxy) is 2. The summed E-state index contributed by atoms with van der Waals surface area (Å²) in [6.45, 7) is 4.26. The molecule has 0 fully saturated rings. The van der Waals surface area contributed by atoms with Crippen LogP contribution in [-0.2, 0) is 11.2 Å². The molecule has 1 atom stereocenters. The number of aryl methyl sites for hydroxylation is 1. The van der Waals surface area contributed by atoms with Gasteiger partial charge in [0.1, 0.15) is 5.75 Å². The molecule has 0 amide bonds. The van der Waals surface area contributed by atoms with Crippen molar-refractivity contribution in [1.82, 2.24) is 4.98 Å². The molecule has 0 spiro atoms. The summed E-state index contributed by atoms with van der Waals surface area (Å²) in [6.07, 6.45) is 1.66. The number of nitrogens with two attached hydrogens (primary N) is 1. The summed E-state index contributed by atoms with van der Waals surface area (Å²) in [5, 5.41) is 0. The lowest BCUT2D eigenvalue weighted by molar-refractivity contribution is 0.0500. The van der Waals surface area contributed by atoms with E-state index >= 15 is 0 Å².